The Bertz CT molecular complexity index is 817. The van der Waals surface area contributed by atoms with Gasteiger partial charge in [0.15, 0.2) is 0 Å². The summed E-state index contributed by atoms with van der Waals surface area (Å²) in [7, 11) is 1.85. The van der Waals surface area contributed by atoms with Crippen LogP contribution in [0.3, 0.4) is 0 Å². The van der Waals surface area contributed by atoms with E-state index in [1.807, 2.05) is 76.3 Å². The quantitative estimate of drug-likeness (QED) is 0.701. The third-order valence-electron chi connectivity index (χ3n) is 5.59. The Kier molecular flexibility index (Phi) is 7.31. The number of rotatable bonds is 5. The van der Waals surface area contributed by atoms with E-state index in [9.17, 15) is 9.59 Å². The van der Waals surface area contributed by atoms with Crippen molar-refractivity contribution in [1.29, 1.82) is 0 Å². The first-order valence-electron chi connectivity index (χ1n) is 10.9. The van der Waals surface area contributed by atoms with Gasteiger partial charge in [-0.3, -0.25) is 9.78 Å². The second kappa shape index (κ2) is 9.94. The molecule has 0 aliphatic carbocycles. The van der Waals surface area contributed by atoms with E-state index in [1.54, 1.807) is 16.0 Å². The van der Waals surface area contributed by atoms with Crippen molar-refractivity contribution in [3.8, 4) is 0 Å². The largest absolute Gasteiger partial charge is 0.444 e. The van der Waals surface area contributed by atoms with Crippen LogP contribution in [0.25, 0.3) is 0 Å². The normalized spacial score (nSPS) is 15.9. The Morgan fingerprint density at radius 1 is 1.10 bits per heavy atom. The highest BCUT2D eigenvalue weighted by molar-refractivity contribution is 5.77. The van der Waals surface area contributed by atoms with E-state index < -0.39 is 5.60 Å². The van der Waals surface area contributed by atoms with Crippen LogP contribution < -0.4 is 0 Å². The van der Waals surface area contributed by atoms with Crippen molar-refractivity contribution in [2.24, 2.45) is 5.92 Å². The van der Waals surface area contributed by atoms with Gasteiger partial charge in [-0.15, -0.1) is 0 Å². The summed E-state index contributed by atoms with van der Waals surface area (Å²) in [6, 6.07) is 15.6. The molecule has 166 valence electrons. The lowest BCUT2D eigenvalue weighted by molar-refractivity contribution is -0.132. The number of carbonyl (C=O) groups excluding carboxylic acids is 2. The number of amides is 2. The van der Waals surface area contributed by atoms with Crippen LogP contribution in [0.2, 0.25) is 0 Å². The van der Waals surface area contributed by atoms with Crippen LogP contribution in [-0.2, 0) is 9.53 Å². The molecule has 0 N–H and O–H groups in total. The van der Waals surface area contributed by atoms with Gasteiger partial charge in [-0.1, -0.05) is 36.4 Å². The molecule has 1 aliphatic heterocycles. The van der Waals surface area contributed by atoms with Crippen LogP contribution in [0.5, 0.6) is 0 Å². The molecular formula is C25H33N3O3. The van der Waals surface area contributed by atoms with Crippen LogP contribution in [0, 0.1) is 5.92 Å². The highest BCUT2D eigenvalue weighted by atomic mass is 16.6. The molecule has 0 saturated carbocycles. The summed E-state index contributed by atoms with van der Waals surface area (Å²) in [6.45, 7) is 6.86. The lowest BCUT2D eigenvalue weighted by Gasteiger charge is -2.34. The molecule has 6 heteroatoms. The van der Waals surface area contributed by atoms with Crippen molar-refractivity contribution >= 4 is 12.0 Å². The third kappa shape index (κ3) is 6.29. The average Bonchev–Trinajstić information content (AvgIpc) is 2.74. The standard InChI is InChI=1S/C25H33N3O3/c1-25(2,3)31-24(30)28-16-13-19(14-17-28)18-22(29)27(4)23(20-10-6-5-7-11-20)21-12-8-9-15-26-21/h5-12,15,19,23H,13-14,16-18H2,1-4H3. The number of pyridine rings is 1. The maximum absolute atomic E-state index is 13.2. The number of aromatic nitrogens is 1. The number of likely N-dealkylation sites (tertiary alicyclic amines) is 1. The molecule has 2 aromatic rings. The molecule has 1 aromatic carbocycles. The molecule has 1 fully saturated rings. The topological polar surface area (TPSA) is 62.7 Å². The lowest BCUT2D eigenvalue weighted by atomic mass is 9.92. The zero-order chi connectivity index (χ0) is 22.4. The molecule has 1 saturated heterocycles. The summed E-state index contributed by atoms with van der Waals surface area (Å²) < 4.78 is 5.47. The Balaban J connectivity index is 1.62. The number of hydrogen-bond donors (Lipinski definition) is 0. The van der Waals surface area contributed by atoms with Crippen molar-refractivity contribution in [3.63, 3.8) is 0 Å². The van der Waals surface area contributed by atoms with Gasteiger partial charge in [-0.25, -0.2) is 4.79 Å². The predicted molar refractivity (Wildman–Crippen MR) is 120 cm³/mol. The molecule has 3 rings (SSSR count). The molecule has 6 nitrogen and oxygen atoms in total. The van der Waals surface area contributed by atoms with Crippen molar-refractivity contribution < 1.29 is 14.3 Å². The van der Waals surface area contributed by atoms with Crippen LogP contribution in [0.4, 0.5) is 4.79 Å². The molecule has 0 bridgehead atoms. The summed E-state index contributed by atoms with van der Waals surface area (Å²) in [5, 5.41) is 0. The highest BCUT2D eigenvalue weighted by Gasteiger charge is 2.30. The third-order valence-corrected chi connectivity index (χ3v) is 5.59. The van der Waals surface area contributed by atoms with E-state index in [0.29, 0.717) is 19.5 Å². The fourth-order valence-corrected chi connectivity index (χ4v) is 3.95. The van der Waals surface area contributed by atoms with Gasteiger partial charge >= 0.3 is 6.09 Å². The van der Waals surface area contributed by atoms with E-state index in [1.165, 1.54) is 0 Å². The monoisotopic (exact) mass is 423 g/mol. The number of ether oxygens (including phenoxy) is 1. The molecule has 31 heavy (non-hydrogen) atoms. The van der Waals surface area contributed by atoms with Crippen LogP contribution in [-0.4, -0.2) is 52.5 Å². The number of carbonyl (C=O) groups is 2. The maximum atomic E-state index is 13.2. The lowest BCUT2D eigenvalue weighted by Crippen LogP contribution is -2.42. The van der Waals surface area contributed by atoms with E-state index >= 15 is 0 Å². The van der Waals surface area contributed by atoms with Crippen LogP contribution >= 0.6 is 0 Å². The predicted octanol–water partition coefficient (Wildman–Crippen LogP) is 4.67. The summed E-state index contributed by atoms with van der Waals surface area (Å²) in [4.78, 5) is 33.5. The number of benzene rings is 1. The molecule has 0 spiro atoms. The molecule has 1 aromatic heterocycles. The smallest absolute Gasteiger partial charge is 0.410 e. The van der Waals surface area contributed by atoms with Gasteiger partial charge < -0.3 is 14.5 Å². The Labute approximate surface area is 185 Å². The maximum Gasteiger partial charge on any atom is 0.410 e. The number of piperidine rings is 1. The first-order valence-corrected chi connectivity index (χ1v) is 10.9. The highest BCUT2D eigenvalue weighted by Crippen LogP contribution is 2.29. The minimum atomic E-state index is -0.496. The summed E-state index contributed by atoms with van der Waals surface area (Å²) in [5.74, 6) is 0.351. The second-order valence-corrected chi connectivity index (χ2v) is 9.19. The zero-order valence-electron chi connectivity index (χ0n) is 19.0. The molecule has 1 unspecified atom stereocenters. The summed E-state index contributed by atoms with van der Waals surface area (Å²) >= 11 is 0. The number of nitrogens with zero attached hydrogens (tertiary/aromatic N) is 3. The zero-order valence-corrected chi connectivity index (χ0v) is 19.0. The van der Waals surface area contributed by atoms with Crippen molar-refractivity contribution in [1.82, 2.24) is 14.8 Å². The SMILES string of the molecule is CN(C(=O)CC1CCN(C(=O)OC(C)(C)C)CC1)C(c1ccccc1)c1ccccn1. The van der Waals surface area contributed by atoms with Gasteiger partial charge in [-0.05, 0) is 57.2 Å². The first-order chi connectivity index (χ1) is 14.7. The molecule has 1 atom stereocenters. The number of hydrogen-bond acceptors (Lipinski definition) is 4. The van der Waals surface area contributed by atoms with E-state index in [2.05, 4.69) is 4.98 Å². The molecule has 2 amide bonds. The molecular weight excluding hydrogens is 390 g/mol. The fraction of sp³-hybridized carbons (Fsp3) is 0.480. The van der Waals surface area contributed by atoms with Crippen molar-refractivity contribution in [2.45, 2.75) is 51.7 Å². The van der Waals surface area contributed by atoms with Gasteiger partial charge in [0.2, 0.25) is 5.91 Å². The Hall–Kier alpha value is -2.89. The van der Waals surface area contributed by atoms with E-state index in [0.717, 1.165) is 24.1 Å². The molecule has 2 heterocycles. The Morgan fingerprint density at radius 3 is 2.32 bits per heavy atom. The van der Waals surface area contributed by atoms with Crippen LogP contribution in [0.15, 0.2) is 54.7 Å². The summed E-state index contributed by atoms with van der Waals surface area (Å²) in [5.41, 5.74) is 1.39. The average molecular weight is 424 g/mol. The minimum absolute atomic E-state index is 0.0928. The van der Waals surface area contributed by atoms with Gasteiger partial charge in [-0.2, -0.15) is 0 Å². The van der Waals surface area contributed by atoms with Crippen LogP contribution in [0.1, 0.15) is 57.3 Å². The van der Waals surface area contributed by atoms with E-state index in [4.69, 9.17) is 4.74 Å². The van der Waals surface area contributed by atoms with Crippen molar-refractivity contribution in [3.05, 3.63) is 66.0 Å². The second-order valence-electron chi connectivity index (χ2n) is 9.19. The Morgan fingerprint density at radius 2 is 1.74 bits per heavy atom. The van der Waals surface area contributed by atoms with E-state index in [-0.39, 0.29) is 24.0 Å². The molecule has 0 radical (unpaired) electrons. The van der Waals surface area contributed by atoms with Gasteiger partial charge in [0, 0.05) is 32.8 Å². The minimum Gasteiger partial charge on any atom is -0.444 e. The van der Waals surface area contributed by atoms with Gasteiger partial charge in [0.25, 0.3) is 0 Å². The first kappa shape index (κ1) is 22.8. The van der Waals surface area contributed by atoms with Crippen molar-refractivity contribution in [2.75, 3.05) is 20.1 Å². The fourth-order valence-electron chi connectivity index (χ4n) is 3.95. The van der Waals surface area contributed by atoms with Gasteiger partial charge in [0.05, 0.1) is 11.7 Å². The summed E-state index contributed by atoms with van der Waals surface area (Å²) in [6.07, 6.45) is 3.57. The molecule has 1 aliphatic rings. The van der Waals surface area contributed by atoms with Gasteiger partial charge in [0.1, 0.15) is 5.60 Å².